The summed E-state index contributed by atoms with van der Waals surface area (Å²) in [5.41, 5.74) is 3.44. The minimum absolute atomic E-state index is 0.337. The number of H-pyrrole nitrogens is 1. The Morgan fingerprint density at radius 1 is 1.35 bits per heavy atom. The highest BCUT2D eigenvalue weighted by Gasteiger charge is 2.05. The van der Waals surface area contributed by atoms with E-state index in [1.54, 1.807) is 38.5 Å². The lowest BCUT2D eigenvalue weighted by atomic mass is 10.2. The van der Waals surface area contributed by atoms with Crippen LogP contribution in [-0.4, -0.2) is 36.5 Å². The smallest absolute Gasteiger partial charge is 0.289 e. The monoisotopic (exact) mass is 274 g/mol. The fraction of sp³-hybridized carbons (Fsp3) is 0.154. The molecule has 0 spiro atoms. The number of nitrogens with one attached hydrogen (secondary N) is 2. The van der Waals surface area contributed by atoms with Gasteiger partial charge in [0.05, 0.1) is 20.4 Å². The van der Waals surface area contributed by atoms with Gasteiger partial charge in [-0.2, -0.15) is 10.2 Å². The van der Waals surface area contributed by atoms with Crippen LogP contribution in [0.25, 0.3) is 0 Å². The van der Waals surface area contributed by atoms with Crippen molar-refractivity contribution in [3.05, 3.63) is 41.7 Å². The number of rotatable bonds is 5. The standard InChI is InChI=1S/C13H14N4O3/c1-19-10-4-3-9(12(7-10)20-2)8-15-17-13(18)11-5-6-14-16-11/h3-8H,1-2H3,(H,14,16)(H,17,18)/b15-8+. The van der Waals surface area contributed by atoms with Crippen LogP contribution in [0.3, 0.4) is 0 Å². The van der Waals surface area contributed by atoms with Crippen molar-refractivity contribution in [1.29, 1.82) is 0 Å². The second kappa shape index (κ2) is 6.37. The second-order valence-electron chi connectivity index (χ2n) is 3.78. The molecule has 0 aliphatic rings. The zero-order chi connectivity index (χ0) is 14.4. The van der Waals surface area contributed by atoms with Crippen LogP contribution >= 0.6 is 0 Å². The Bertz CT molecular complexity index is 608. The SMILES string of the molecule is COc1ccc(/C=N/NC(=O)c2ccn[nH]2)c(OC)c1. The maximum absolute atomic E-state index is 11.6. The van der Waals surface area contributed by atoms with E-state index in [9.17, 15) is 4.79 Å². The summed E-state index contributed by atoms with van der Waals surface area (Å²) >= 11 is 0. The van der Waals surface area contributed by atoms with Crippen LogP contribution in [0.2, 0.25) is 0 Å². The van der Waals surface area contributed by atoms with Gasteiger partial charge in [0, 0.05) is 17.8 Å². The van der Waals surface area contributed by atoms with E-state index in [4.69, 9.17) is 9.47 Å². The third kappa shape index (κ3) is 3.14. The first-order chi connectivity index (χ1) is 9.74. The molecule has 1 aromatic heterocycles. The number of hydrogen-bond donors (Lipinski definition) is 2. The summed E-state index contributed by atoms with van der Waals surface area (Å²) in [6, 6.07) is 6.85. The van der Waals surface area contributed by atoms with Crippen LogP contribution in [0.1, 0.15) is 16.1 Å². The quantitative estimate of drug-likeness (QED) is 0.633. The summed E-state index contributed by atoms with van der Waals surface area (Å²) in [4.78, 5) is 11.6. The molecule has 1 aromatic carbocycles. The predicted octanol–water partition coefficient (Wildman–Crippen LogP) is 1.19. The number of aromatic amines is 1. The molecule has 2 rings (SSSR count). The van der Waals surface area contributed by atoms with Gasteiger partial charge in [0.15, 0.2) is 0 Å². The van der Waals surface area contributed by atoms with Crippen LogP contribution in [-0.2, 0) is 0 Å². The van der Waals surface area contributed by atoms with Gasteiger partial charge in [-0.05, 0) is 18.2 Å². The van der Waals surface area contributed by atoms with Gasteiger partial charge in [-0.3, -0.25) is 9.89 Å². The van der Waals surface area contributed by atoms with Crippen molar-refractivity contribution in [2.75, 3.05) is 14.2 Å². The molecule has 7 nitrogen and oxygen atoms in total. The molecule has 0 aliphatic heterocycles. The molecule has 1 amide bonds. The Kier molecular flexibility index (Phi) is 4.33. The maximum Gasteiger partial charge on any atom is 0.289 e. The van der Waals surface area contributed by atoms with Crippen molar-refractivity contribution in [3.63, 3.8) is 0 Å². The highest BCUT2D eigenvalue weighted by atomic mass is 16.5. The fourth-order valence-corrected chi connectivity index (χ4v) is 1.53. The Morgan fingerprint density at radius 3 is 2.85 bits per heavy atom. The molecule has 0 saturated heterocycles. The van der Waals surface area contributed by atoms with E-state index in [1.807, 2.05) is 0 Å². The Morgan fingerprint density at radius 2 is 2.20 bits per heavy atom. The number of hydrazone groups is 1. The highest BCUT2D eigenvalue weighted by Crippen LogP contribution is 2.22. The molecule has 0 bridgehead atoms. The number of amides is 1. The first-order valence-electron chi connectivity index (χ1n) is 5.79. The van der Waals surface area contributed by atoms with Gasteiger partial charge in [-0.1, -0.05) is 0 Å². The molecule has 20 heavy (non-hydrogen) atoms. The lowest BCUT2D eigenvalue weighted by molar-refractivity contribution is 0.0950. The van der Waals surface area contributed by atoms with Crippen LogP contribution in [0, 0.1) is 0 Å². The minimum Gasteiger partial charge on any atom is -0.497 e. The summed E-state index contributed by atoms with van der Waals surface area (Å²) < 4.78 is 10.3. The van der Waals surface area contributed by atoms with Crippen molar-refractivity contribution in [2.45, 2.75) is 0 Å². The van der Waals surface area contributed by atoms with Gasteiger partial charge in [0.2, 0.25) is 0 Å². The topological polar surface area (TPSA) is 88.6 Å². The second-order valence-corrected chi connectivity index (χ2v) is 3.78. The lowest BCUT2D eigenvalue weighted by Gasteiger charge is -2.06. The van der Waals surface area contributed by atoms with E-state index in [0.29, 0.717) is 17.2 Å². The minimum atomic E-state index is -0.369. The van der Waals surface area contributed by atoms with Crippen LogP contribution in [0.4, 0.5) is 0 Å². The van der Waals surface area contributed by atoms with E-state index in [-0.39, 0.29) is 5.91 Å². The van der Waals surface area contributed by atoms with Crippen LogP contribution in [0.5, 0.6) is 11.5 Å². The summed E-state index contributed by atoms with van der Waals surface area (Å²) in [7, 11) is 3.13. The first-order valence-corrected chi connectivity index (χ1v) is 5.79. The average Bonchev–Trinajstić information content (AvgIpc) is 3.01. The number of carbonyl (C=O) groups is 1. The van der Waals surface area contributed by atoms with Gasteiger partial charge in [0.1, 0.15) is 17.2 Å². The molecule has 0 aliphatic carbocycles. The first kappa shape index (κ1) is 13.6. The van der Waals surface area contributed by atoms with E-state index in [0.717, 1.165) is 5.56 Å². The van der Waals surface area contributed by atoms with Crippen LogP contribution < -0.4 is 14.9 Å². The summed E-state index contributed by atoms with van der Waals surface area (Å²) in [6.45, 7) is 0. The Balaban J connectivity index is 2.06. The molecule has 0 atom stereocenters. The molecule has 2 N–H and O–H groups in total. The van der Waals surface area contributed by atoms with E-state index < -0.39 is 0 Å². The molecule has 0 radical (unpaired) electrons. The molecular weight excluding hydrogens is 260 g/mol. The third-order valence-corrected chi connectivity index (χ3v) is 2.56. The van der Waals surface area contributed by atoms with Gasteiger partial charge >= 0.3 is 0 Å². The third-order valence-electron chi connectivity index (χ3n) is 2.56. The van der Waals surface area contributed by atoms with E-state index in [1.165, 1.54) is 12.4 Å². The largest absolute Gasteiger partial charge is 0.497 e. The van der Waals surface area contributed by atoms with E-state index >= 15 is 0 Å². The maximum atomic E-state index is 11.6. The molecular formula is C13H14N4O3. The Hall–Kier alpha value is -2.83. The van der Waals surface area contributed by atoms with Gasteiger partial charge < -0.3 is 9.47 Å². The zero-order valence-electron chi connectivity index (χ0n) is 11.1. The van der Waals surface area contributed by atoms with Crippen molar-refractivity contribution in [1.82, 2.24) is 15.6 Å². The number of hydrogen-bond acceptors (Lipinski definition) is 5. The number of aromatic nitrogens is 2. The predicted molar refractivity (Wildman–Crippen MR) is 73.2 cm³/mol. The van der Waals surface area contributed by atoms with Crippen molar-refractivity contribution >= 4 is 12.1 Å². The zero-order valence-corrected chi connectivity index (χ0v) is 11.1. The molecule has 7 heteroatoms. The molecule has 2 aromatic rings. The summed E-state index contributed by atoms with van der Waals surface area (Å²) in [6.07, 6.45) is 2.98. The van der Waals surface area contributed by atoms with Crippen LogP contribution in [0.15, 0.2) is 35.6 Å². The Labute approximate surface area is 115 Å². The molecule has 0 saturated carbocycles. The van der Waals surface area contributed by atoms with Crippen molar-refractivity contribution < 1.29 is 14.3 Å². The molecule has 0 fully saturated rings. The van der Waals surface area contributed by atoms with Crippen molar-refractivity contribution in [2.24, 2.45) is 5.10 Å². The number of ether oxygens (including phenoxy) is 2. The van der Waals surface area contributed by atoms with Gasteiger partial charge in [-0.15, -0.1) is 0 Å². The molecule has 104 valence electrons. The fourth-order valence-electron chi connectivity index (χ4n) is 1.53. The number of benzene rings is 1. The van der Waals surface area contributed by atoms with Gasteiger partial charge in [0.25, 0.3) is 5.91 Å². The normalized spacial score (nSPS) is 10.5. The number of carbonyl (C=O) groups excluding carboxylic acids is 1. The number of methoxy groups -OCH3 is 2. The van der Waals surface area contributed by atoms with Crippen molar-refractivity contribution in [3.8, 4) is 11.5 Å². The van der Waals surface area contributed by atoms with Gasteiger partial charge in [-0.25, -0.2) is 5.43 Å². The number of nitrogens with zero attached hydrogens (tertiary/aromatic N) is 2. The average molecular weight is 274 g/mol. The molecule has 0 unspecified atom stereocenters. The lowest BCUT2D eigenvalue weighted by Crippen LogP contribution is -2.18. The van der Waals surface area contributed by atoms with E-state index in [2.05, 4.69) is 20.7 Å². The highest BCUT2D eigenvalue weighted by molar-refractivity contribution is 5.93. The molecule has 1 heterocycles. The summed E-state index contributed by atoms with van der Waals surface area (Å²) in [5.74, 6) is 0.913. The summed E-state index contributed by atoms with van der Waals surface area (Å²) in [5, 5.41) is 10.1.